The fourth-order valence-corrected chi connectivity index (χ4v) is 2.84. The Morgan fingerprint density at radius 2 is 2.05 bits per heavy atom. The minimum absolute atomic E-state index is 0.101. The molecule has 1 saturated carbocycles. The van der Waals surface area contributed by atoms with E-state index in [1.807, 2.05) is 24.3 Å². The van der Waals surface area contributed by atoms with Gasteiger partial charge in [0.1, 0.15) is 5.82 Å². The minimum Gasteiger partial charge on any atom is -0.353 e. The van der Waals surface area contributed by atoms with Crippen LogP contribution in [0.15, 0.2) is 24.3 Å². The first kappa shape index (κ1) is 14.9. The van der Waals surface area contributed by atoms with E-state index >= 15 is 0 Å². The number of nitrogens with zero attached hydrogens (tertiary/aromatic N) is 1. The van der Waals surface area contributed by atoms with Gasteiger partial charge in [0.15, 0.2) is 0 Å². The van der Waals surface area contributed by atoms with Crippen LogP contribution in [0.3, 0.4) is 0 Å². The van der Waals surface area contributed by atoms with E-state index < -0.39 is 5.92 Å². The molecule has 6 heteroatoms. The van der Waals surface area contributed by atoms with E-state index in [1.165, 1.54) is 0 Å². The lowest BCUT2D eigenvalue weighted by molar-refractivity contribution is -0.122. The summed E-state index contributed by atoms with van der Waals surface area (Å²) in [7, 11) is 0. The van der Waals surface area contributed by atoms with Gasteiger partial charge in [0, 0.05) is 31.7 Å². The number of hydrogen-bond donors (Lipinski definition) is 2. The van der Waals surface area contributed by atoms with Crippen LogP contribution >= 0.6 is 0 Å². The third-order valence-corrected chi connectivity index (χ3v) is 4.11. The molecule has 1 heterocycles. The van der Waals surface area contributed by atoms with Crippen molar-refractivity contribution in [2.24, 2.45) is 0 Å². The second-order valence-corrected chi connectivity index (χ2v) is 5.90. The smallest absolute Gasteiger partial charge is 0.248 e. The summed E-state index contributed by atoms with van der Waals surface area (Å²) in [6.45, 7) is 0. The molecule has 0 aliphatic heterocycles. The maximum atomic E-state index is 13.1. The van der Waals surface area contributed by atoms with Gasteiger partial charge in [0.2, 0.25) is 11.8 Å². The van der Waals surface area contributed by atoms with Crippen LogP contribution in [0.5, 0.6) is 0 Å². The Labute approximate surface area is 127 Å². The average molecular weight is 307 g/mol. The van der Waals surface area contributed by atoms with Gasteiger partial charge in [-0.05, 0) is 25.0 Å². The molecule has 0 spiro atoms. The van der Waals surface area contributed by atoms with Gasteiger partial charge in [0.05, 0.1) is 11.0 Å². The van der Waals surface area contributed by atoms with Crippen molar-refractivity contribution < 1.29 is 13.6 Å². The number of imidazole rings is 1. The Morgan fingerprint density at radius 3 is 2.77 bits per heavy atom. The molecule has 1 aromatic heterocycles. The van der Waals surface area contributed by atoms with Crippen molar-refractivity contribution in [3.05, 3.63) is 30.1 Å². The van der Waals surface area contributed by atoms with Crippen molar-refractivity contribution in [2.45, 2.75) is 50.5 Å². The number of H-pyrrole nitrogens is 1. The number of para-hydroxylation sites is 2. The summed E-state index contributed by atoms with van der Waals surface area (Å²) in [5, 5.41) is 2.85. The number of amides is 1. The molecule has 118 valence electrons. The second-order valence-electron chi connectivity index (χ2n) is 5.90. The number of carbonyl (C=O) groups is 1. The van der Waals surface area contributed by atoms with Gasteiger partial charge in [-0.15, -0.1) is 0 Å². The van der Waals surface area contributed by atoms with Gasteiger partial charge in [-0.25, -0.2) is 13.8 Å². The van der Waals surface area contributed by atoms with Crippen LogP contribution < -0.4 is 5.32 Å². The van der Waals surface area contributed by atoms with E-state index in [1.54, 1.807) is 0 Å². The average Bonchev–Trinajstić information content (AvgIpc) is 2.90. The normalized spacial score (nSPS) is 18.5. The minimum atomic E-state index is -2.56. The topological polar surface area (TPSA) is 57.8 Å². The maximum Gasteiger partial charge on any atom is 0.248 e. The summed E-state index contributed by atoms with van der Waals surface area (Å²) < 4.78 is 26.1. The highest BCUT2D eigenvalue weighted by atomic mass is 19.3. The van der Waals surface area contributed by atoms with Gasteiger partial charge >= 0.3 is 0 Å². The number of aromatic amines is 1. The zero-order chi connectivity index (χ0) is 15.6. The molecule has 2 aromatic rings. The summed E-state index contributed by atoms with van der Waals surface area (Å²) in [5.74, 6) is -1.89. The third kappa shape index (κ3) is 3.61. The molecule has 1 aromatic carbocycles. The lowest BCUT2D eigenvalue weighted by atomic mass is 9.92. The Bertz CT molecular complexity index is 625. The molecular weight excluding hydrogens is 288 g/mol. The van der Waals surface area contributed by atoms with Crippen molar-refractivity contribution in [3.63, 3.8) is 0 Å². The highest BCUT2D eigenvalue weighted by Crippen LogP contribution is 2.32. The Hall–Kier alpha value is -1.98. The van der Waals surface area contributed by atoms with Gasteiger partial charge in [0.25, 0.3) is 0 Å². The molecule has 1 aliphatic carbocycles. The van der Waals surface area contributed by atoms with E-state index in [0.29, 0.717) is 25.7 Å². The van der Waals surface area contributed by atoms with Gasteiger partial charge in [-0.3, -0.25) is 4.79 Å². The van der Waals surface area contributed by atoms with Crippen LogP contribution in [-0.2, 0) is 11.2 Å². The number of alkyl halides is 2. The predicted octanol–water partition coefficient (Wildman–Crippen LogP) is 3.19. The number of aryl methyl sites for hydroxylation is 1. The summed E-state index contributed by atoms with van der Waals surface area (Å²) in [4.78, 5) is 19.5. The van der Waals surface area contributed by atoms with Crippen molar-refractivity contribution in [2.75, 3.05) is 0 Å². The molecule has 2 N–H and O–H groups in total. The van der Waals surface area contributed by atoms with Gasteiger partial charge in [-0.2, -0.15) is 0 Å². The second kappa shape index (κ2) is 6.02. The summed E-state index contributed by atoms with van der Waals surface area (Å²) in [5.41, 5.74) is 1.83. The fraction of sp³-hybridized carbons (Fsp3) is 0.500. The molecule has 22 heavy (non-hydrogen) atoms. The lowest BCUT2D eigenvalue weighted by Gasteiger charge is -2.28. The van der Waals surface area contributed by atoms with E-state index in [-0.39, 0.29) is 24.8 Å². The van der Waals surface area contributed by atoms with Crippen molar-refractivity contribution in [1.29, 1.82) is 0 Å². The number of carbonyl (C=O) groups excluding carboxylic acids is 1. The predicted molar refractivity (Wildman–Crippen MR) is 79.8 cm³/mol. The zero-order valence-electron chi connectivity index (χ0n) is 12.2. The molecule has 0 radical (unpaired) electrons. The van der Waals surface area contributed by atoms with Crippen LogP contribution in [0.2, 0.25) is 0 Å². The number of fused-ring (bicyclic) bond motifs is 1. The van der Waals surface area contributed by atoms with Crippen molar-refractivity contribution in [1.82, 2.24) is 15.3 Å². The SMILES string of the molecule is O=C(CCc1nc2ccccc2[nH]1)NC1CCC(F)(F)CC1. The van der Waals surface area contributed by atoms with Crippen LogP contribution in [0.25, 0.3) is 11.0 Å². The fourth-order valence-electron chi connectivity index (χ4n) is 2.84. The Balaban J connectivity index is 1.48. The van der Waals surface area contributed by atoms with Crippen LogP contribution in [0.1, 0.15) is 37.9 Å². The monoisotopic (exact) mass is 307 g/mol. The molecule has 0 unspecified atom stereocenters. The first-order valence-electron chi connectivity index (χ1n) is 7.63. The van der Waals surface area contributed by atoms with Crippen LogP contribution in [0, 0.1) is 0 Å². The zero-order valence-corrected chi connectivity index (χ0v) is 12.2. The number of hydrogen-bond acceptors (Lipinski definition) is 2. The lowest BCUT2D eigenvalue weighted by Crippen LogP contribution is -2.40. The standard InChI is InChI=1S/C16H19F2N3O/c17-16(18)9-7-11(8-10-16)19-15(22)6-5-14-20-12-3-1-2-4-13(12)21-14/h1-4,11H,5-10H2,(H,19,22)(H,20,21). The molecule has 1 fully saturated rings. The Kier molecular flexibility index (Phi) is 4.09. The highest BCUT2D eigenvalue weighted by Gasteiger charge is 2.35. The third-order valence-electron chi connectivity index (χ3n) is 4.11. The van der Waals surface area contributed by atoms with E-state index in [9.17, 15) is 13.6 Å². The summed E-state index contributed by atoms with van der Waals surface area (Å²) in [6, 6.07) is 7.57. The molecule has 0 bridgehead atoms. The molecule has 0 atom stereocenters. The molecular formula is C16H19F2N3O. The van der Waals surface area contributed by atoms with E-state index in [4.69, 9.17) is 0 Å². The van der Waals surface area contributed by atoms with Crippen LogP contribution in [-0.4, -0.2) is 27.8 Å². The van der Waals surface area contributed by atoms with Crippen molar-refractivity contribution in [3.8, 4) is 0 Å². The van der Waals surface area contributed by atoms with Crippen LogP contribution in [0.4, 0.5) is 8.78 Å². The molecule has 4 nitrogen and oxygen atoms in total. The Morgan fingerprint density at radius 1 is 1.32 bits per heavy atom. The summed E-state index contributed by atoms with van der Waals surface area (Å²) >= 11 is 0. The number of nitrogens with one attached hydrogen (secondary N) is 2. The summed E-state index contributed by atoms with van der Waals surface area (Å²) in [6.07, 6.45) is 1.26. The van der Waals surface area contributed by atoms with E-state index in [0.717, 1.165) is 16.9 Å². The molecule has 0 saturated heterocycles. The number of aromatic nitrogens is 2. The van der Waals surface area contributed by atoms with Gasteiger partial charge < -0.3 is 10.3 Å². The number of benzene rings is 1. The molecule has 1 aliphatic rings. The number of rotatable bonds is 4. The molecule has 1 amide bonds. The number of halogens is 2. The first-order chi connectivity index (χ1) is 10.5. The van der Waals surface area contributed by atoms with Gasteiger partial charge in [-0.1, -0.05) is 12.1 Å². The first-order valence-corrected chi connectivity index (χ1v) is 7.63. The maximum absolute atomic E-state index is 13.1. The largest absolute Gasteiger partial charge is 0.353 e. The highest BCUT2D eigenvalue weighted by molar-refractivity contribution is 5.77. The van der Waals surface area contributed by atoms with E-state index in [2.05, 4.69) is 15.3 Å². The molecule has 3 rings (SSSR count). The van der Waals surface area contributed by atoms with Crippen molar-refractivity contribution >= 4 is 16.9 Å². The quantitative estimate of drug-likeness (QED) is 0.911.